The molecule has 2 aromatic rings. The molecule has 0 spiro atoms. The molecular weight excluding hydrogens is 362 g/mol. The predicted molar refractivity (Wildman–Crippen MR) is 80.7 cm³/mol. The number of rotatable bonds is 6. The highest BCUT2D eigenvalue weighted by Crippen LogP contribution is 2.41. The second kappa shape index (κ2) is 6.48. The van der Waals surface area contributed by atoms with Crippen molar-refractivity contribution in [3.8, 4) is 5.75 Å². The lowest BCUT2D eigenvalue weighted by atomic mass is 10.2. The van der Waals surface area contributed by atoms with Crippen molar-refractivity contribution in [3.05, 3.63) is 72.8 Å². The van der Waals surface area contributed by atoms with Gasteiger partial charge in [0.15, 0.2) is 0 Å². The molecular formula is C12H7N3O9S. The molecule has 2 aromatic carbocycles. The third-order valence-electron chi connectivity index (χ3n) is 2.86. The van der Waals surface area contributed by atoms with Crippen molar-refractivity contribution in [2.24, 2.45) is 0 Å². The zero-order chi connectivity index (χ0) is 18.8. The van der Waals surface area contributed by atoms with E-state index in [1.807, 2.05) is 0 Å². The van der Waals surface area contributed by atoms with E-state index in [0.717, 1.165) is 12.1 Å². The van der Waals surface area contributed by atoms with Crippen LogP contribution in [0.3, 0.4) is 0 Å². The molecule has 0 radical (unpaired) electrons. The monoisotopic (exact) mass is 369 g/mol. The molecule has 13 heteroatoms. The van der Waals surface area contributed by atoms with E-state index in [9.17, 15) is 38.8 Å². The van der Waals surface area contributed by atoms with Crippen LogP contribution in [0.4, 0.5) is 17.1 Å². The Kier molecular flexibility index (Phi) is 4.60. The smallest absolute Gasteiger partial charge is 0.339 e. The highest BCUT2D eigenvalue weighted by Gasteiger charge is 2.35. The van der Waals surface area contributed by atoms with E-state index >= 15 is 0 Å². The van der Waals surface area contributed by atoms with Crippen LogP contribution in [0.1, 0.15) is 0 Å². The molecule has 0 atom stereocenters. The zero-order valence-corrected chi connectivity index (χ0v) is 12.8. The molecule has 2 rings (SSSR count). The maximum atomic E-state index is 12.2. The summed E-state index contributed by atoms with van der Waals surface area (Å²) in [5, 5.41) is 32.9. The molecule has 0 amide bonds. The number of non-ortho nitro benzene ring substituents is 1. The molecule has 0 aliphatic rings. The number of nitro benzene ring substituents is 3. The van der Waals surface area contributed by atoms with E-state index in [1.165, 1.54) is 18.2 Å². The molecule has 0 aliphatic heterocycles. The van der Waals surface area contributed by atoms with Gasteiger partial charge in [0.2, 0.25) is 0 Å². The van der Waals surface area contributed by atoms with Gasteiger partial charge in [-0.15, -0.1) is 0 Å². The van der Waals surface area contributed by atoms with E-state index in [0.29, 0.717) is 12.1 Å². The van der Waals surface area contributed by atoms with Crippen LogP contribution in [0, 0.1) is 30.3 Å². The zero-order valence-electron chi connectivity index (χ0n) is 12.0. The predicted octanol–water partition coefficient (Wildman–Crippen LogP) is 2.18. The molecule has 0 saturated carbocycles. The average molecular weight is 369 g/mol. The second-order valence-corrected chi connectivity index (χ2v) is 5.98. The molecule has 25 heavy (non-hydrogen) atoms. The first-order chi connectivity index (χ1) is 11.6. The van der Waals surface area contributed by atoms with Gasteiger partial charge >= 0.3 is 21.5 Å². The molecule has 0 aromatic heterocycles. The van der Waals surface area contributed by atoms with Crippen LogP contribution in [-0.2, 0) is 10.1 Å². The van der Waals surface area contributed by atoms with Crippen LogP contribution in [0.2, 0.25) is 0 Å². The van der Waals surface area contributed by atoms with Crippen molar-refractivity contribution < 1.29 is 27.4 Å². The summed E-state index contributed by atoms with van der Waals surface area (Å²) in [5.74, 6) is -1.22. The molecule has 0 saturated heterocycles. The van der Waals surface area contributed by atoms with E-state index in [-0.39, 0.29) is 0 Å². The van der Waals surface area contributed by atoms with Gasteiger partial charge in [-0.2, -0.15) is 8.42 Å². The van der Waals surface area contributed by atoms with Crippen LogP contribution >= 0.6 is 0 Å². The Morgan fingerprint density at radius 3 is 1.68 bits per heavy atom. The van der Waals surface area contributed by atoms with Gasteiger partial charge in [0.05, 0.1) is 26.9 Å². The Hall–Kier alpha value is -3.61. The number of nitro groups is 3. The minimum Gasteiger partial charge on any atom is -0.364 e. The molecule has 0 bridgehead atoms. The fraction of sp³-hybridized carbons (Fsp3) is 0. The van der Waals surface area contributed by atoms with Crippen LogP contribution in [-0.4, -0.2) is 23.2 Å². The fourth-order valence-electron chi connectivity index (χ4n) is 1.79. The van der Waals surface area contributed by atoms with Gasteiger partial charge < -0.3 is 4.18 Å². The van der Waals surface area contributed by atoms with Crippen LogP contribution in [0.15, 0.2) is 47.4 Å². The summed E-state index contributed by atoms with van der Waals surface area (Å²) in [6, 6.07) is 7.15. The van der Waals surface area contributed by atoms with Crippen molar-refractivity contribution in [2.45, 2.75) is 4.90 Å². The standard InChI is InChI=1S/C12H7N3O9S/c16-13(17)8-6-10(14(18)19)12(11(7-8)15(20)21)24-25(22,23)9-4-2-1-3-5-9/h1-7H. The average Bonchev–Trinajstić information content (AvgIpc) is 2.54. The number of benzene rings is 2. The molecule has 0 unspecified atom stereocenters. The maximum Gasteiger partial charge on any atom is 0.339 e. The Balaban J connectivity index is 2.69. The minimum absolute atomic E-state index is 0.378. The number of hydrogen-bond acceptors (Lipinski definition) is 9. The van der Waals surface area contributed by atoms with Gasteiger partial charge in [-0.3, -0.25) is 30.3 Å². The summed E-state index contributed by atoms with van der Waals surface area (Å²) < 4.78 is 28.9. The van der Waals surface area contributed by atoms with Gasteiger partial charge in [0.1, 0.15) is 4.90 Å². The van der Waals surface area contributed by atoms with Gasteiger partial charge in [-0.05, 0) is 12.1 Å². The van der Waals surface area contributed by atoms with Crippen molar-refractivity contribution in [2.75, 3.05) is 0 Å². The quantitative estimate of drug-likeness (QED) is 0.420. The Morgan fingerprint density at radius 1 is 0.800 bits per heavy atom. The largest absolute Gasteiger partial charge is 0.364 e. The molecule has 130 valence electrons. The normalized spacial score (nSPS) is 10.9. The van der Waals surface area contributed by atoms with Gasteiger partial charge in [-0.1, -0.05) is 18.2 Å². The lowest BCUT2D eigenvalue weighted by Gasteiger charge is -2.07. The van der Waals surface area contributed by atoms with Crippen LogP contribution < -0.4 is 4.18 Å². The maximum absolute atomic E-state index is 12.2. The fourth-order valence-corrected chi connectivity index (χ4v) is 2.77. The first-order valence-corrected chi connectivity index (χ1v) is 7.65. The van der Waals surface area contributed by atoms with Crippen molar-refractivity contribution in [1.82, 2.24) is 0 Å². The highest BCUT2D eigenvalue weighted by molar-refractivity contribution is 7.87. The minimum atomic E-state index is -4.64. The first kappa shape index (κ1) is 17.7. The van der Waals surface area contributed by atoms with Crippen molar-refractivity contribution in [1.29, 1.82) is 0 Å². The lowest BCUT2D eigenvalue weighted by Crippen LogP contribution is -2.12. The third kappa shape index (κ3) is 3.66. The first-order valence-electron chi connectivity index (χ1n) is 6.24. The topological polar surface area (TPSA) is 173 Å². The van der Waals surface area contributed by atoms with E-state index in [2.05, 4.69) is 4.18 Å². The number of hydrogen-bond donors (Lipinski definition) is 0. The molecule has 0 fully saturated rings. The van der Waals surface area contributed by atoms with E-state index in [4.69, 9.17) is 0 Å². The third-order valence-corrected chi connectivity index (χ3v) is 4.10. The SMILES string of the molecule is O=[N+]([O-])c1cc([N+](=O)[O-])c(OS(=O)(=O)c2ccccc2)c([N+](=O)[O-])c1. The van der Waals surface area contributed by atoms with E-state index in [1.54, 1.807) is 0 Å². The summed E-state index contributed by atoms with van der Waals surface area (Å²) in [5.41, 5.74) is -3.40. The van der Waals surface area contributed by atoms with Gasteiger partial charge in [0.25, 0.3) is 11.4 Å². The molecule has 0 aliphatic carbocycles. The lowest BCUT2D eigenvalue weighted by molar-refractivity contribution is -0.404. The molecule has 12 nitrogen and oxygen atoms in total. The highest BCUT2D eigenvalue weighted by atomic mass is 32.2. The Morgan fingerprint density at radius 2 is 1.28 bits per heavy atom. The van der Waals surface area contributed by atoms with Crippen LogP contribution in [0.25, 0.3) is 0 Å². The summed E-state index contributed by atoms with van der Waals surface area (Å²) in [6.07, 6.45) is 0. The van der Waals surface area contributed by atoms with Crippen molar-refractivity contribution >= 4 is 27.2 Å². The number of nitrogens with zero attached hydrogens (tertiary/aromatic N) is 3. The van der Waals surface area contributed by atoms with E-state index < -0.39 is 52.6 Å². The summed E-state index contributed by atoms with van der Waals surface area (Å²) in [7, 11) is -4.64. The molecule has 0 N–H and O–H groups in total. The Bertz CT molecular complexity index is 938. The summed E-state index contributed by atoms with van der Waals surface area (Å²) in [4.78, 5) is 29.0. The van der Waals surface area contributed by atoms with Crippen LogP contribution in [0.5, 0.6) is 5.75 Å². The summed E-state index contributed by atoms with van der Waals surface area (Å²) >= 11 is 0. The summed E-state index contributed by atoms with van der Waals surface area (Å²) in [6.45, 7) is 0. The Labute approximate surface area is 138 Å². The molecule has 0 heterocycles. The second-order valence-electron chi connectivity index (χ2n) is 4.43. The van der Waals surface area contributed by atoms with Crippen molar-refractivity contribution in [3.63, 3.8) is 0 Å². The van der Waals surface area contributed by atoms with Gasteiger partial charge in [0, 0.05) is 0 Å². The van der Waals surface area contributed by atoms with Gasteiger partial charge in [-0.25, -0.2) is 0 Å².